The minimum Gasteiger partial charge on any atom is -0.378 e. The molecule has 3 heterocycles. The van der Waals surface area contributed by atoms with Crippen LogP contribution in [0.3, 0.4) is 0 Å². The molecule has 3 fully saturated rings. The average Bonchev–Trinajstić information content (AvgIpc) is 3.12. The molecule has 0 aliphatic carbocycles. The SMILES string of the molecule is CC12CCC(=O)N1C(C(=O)Nc1ccccc1N1CCOCC1)CS2. The van der Waals surface area contributed by atoms with Gasteiger partial charge in [0.2, 0.25) is 11.8 Å². The monoisotopic (exact) mass is 361 g/mol. The van der Waals surface area contributed by atoms with Crippen LogP contribution in [0.1, 0.15) is 19.8 Å². The molecule has 4 rings (SSSR count). The summed E-state index contributed by atoms with van der Waals surface area (Å²) in [6.45, 7) is 5.09. The largest absolute Gasteiger partial charge is 0.378 e. The third-order valence-corrected chi connectivity index (χ3v) is 6.77. The fourth-order valence-corrected chi connectivity index (χ4v) is 5.32. The van der Waals surface area contributed by atoms with E-state index in [4.69, 9.17) is 4.74 Å². The van der Waals surface area contributed by atoms with Crippen LogP contribution in [0.15, 0.2) is 24.3 Å². The molecule has 25 heavy (non-hydrogen) atoms. The number of nitrogens with zero attached hydrogens (tertiary/aromatic N) is 2. The number of anilines is 2. The van der Waals surface area contributed by atoms with Crippen molar-refractivity contribution in [3.8, 4) is 0 Å². The van der Waals surface area contributed by atoms with E-state index in [9.17, 15) is 9.59 Å². The number of amides is 2. The lowest BCUT2D eigenvalue weighted by molar-refractivity contribution is -0.135. The van der Waals surface area contributed by atoms with Crippen LogP contribution in [0.2, 0.25) is 0 Å². The molecule has 1 aromatic rings. The number of benzene rings is 1. The van der Waals surface area contributed by atoms with Gasteiger partial charge in [-0.05, 0) is 25.5 Å². The van der Waals surface area contributed by atoms with E-state index in [0.29, 0.717) is 25.4 Å². The lowest BCUT2D eigenvalue weighted by Gasteiger charge is -2.32. The zero-order valence-electron chi connectivity index (χ0n) is 14.4. The number of fused-ring (bicyclic) bond motifs is 1. The Kier molecular flexibility index (Phi) is 4.37. The quantitative estimate of drug-likeness (QED) is 0.891. The summed E-state index contributed by atoms with van der Waals surface area (Å²) >= 11 is 1.72. The predicted molar refractivity (Wildman–Crippen MR) is 98.8 cm³/mol. The van der Waals surface area contributed by atoms with Crippen molar-refractivity contribution in [1.29, 1.82) is 0 Å². The first-order valence-corrected chi connectivity index (χ1v) is 9.76. The van der Waals surface area contributed by atoms with Crippen molar-refractivity contribution in [2.45, 2.75) is 30.7 Å². The molecule has 0 radical (unpaired) electrons. The van der Waals surface area contributed by atoms with Crippen molar-refractivity contribution >= 4 is 35.0 Å². The van der Waals surface area contributed by atoms with Gasteiger partial charge in [-0.15, -0.1) is 11.8 Å². The maximum atomic E-state index is 12.9. The highest BCUT2D eigenvalue weighted by Gasteiger charge is 2.52. The zero-order valence-corrected chi connectivity index (χ0v) is 15.2. The Morgan fingerprint density at radius 3 is 2.88 bits per heavy atom. The molecule has 2 amide bonds. The number of carbonyl (C=O) groups excluding carboxylic acids is 2. The fraction of sp³-hybridized carbons (Fsp3) is 0.556. The molecule has 7 heteroatoms. The van der Waals surface area contributed by atoms with Crippen molar-refractivity contribution in [3.63, 3.8) is 0 Å². The van der Waals surface area contributed by atoms with Crippen molar-refractivity contribution in [3.05, 3.63) is 24.3 Å². The number of thioether (sulfide) groups is 1. The van der Waals surface area contributed by atoms with Gasteiger partial charge in [-0.2, -0.15) is 0 Å². The Bertz CT molecular complexity index is 692. The molecule has 0 spiro atoms. The van der Waals surface area contributed by atoms with Crippen LogP contribution < -0.4 is 10.2 Å². The molecule has 134 valence electrons. The number of hydrogen-bond acceptors (Lipinski definition) is 5. The van der Waals surface area contributed by atoms with Crippen LogP contribution in [-0.2, 0) is 14.3 Å². The average molecular weight is 361 g/mol. The second-order valence-electron chi connectivity index (χ2n) is 6.87. The summed E-state index contributed by atoms with van der Waals surface area (Å²) in [7, 11) is 0. The van der Waals surface area contributed by atoms with Gasteiger partial charge in [0.25, 0.3) is 0 Å². The highest BCUT2D eigenvalue weighted by atomic mass is 32.2. The molecule has 0 saturated carbocycles. The summed E-state index contributed by atoms with van der Waals surface area (Å²) in [6.07, 6.45) is 1.36. The van der Waals surface area contributed by atoms with Crippen LogP contribution in [0.5, 0.6) is 0 Å². The Hall–Kier alpha value is -1.73. The van der Waals surface area contributed by atoms with Gasteiger partial charge in [-0.1, -0.05) is 12.1 Å². The zero-order chi connectivity index (χ0) is 17.4. The minimum atomic E-state index is -0.386. The molecular weight excluding hydrogens is 338 g/mol. The Labute approximate surface area is 151 Å². The highest BCUT2D eigenvalue weighted by molar-refractivity contribution is 8.01. The van der Waals surface area contributed by atoms with E-state index >= 15 is 0 Å². The van der Waals surface area contributed by atoms with Gasteiger partial charge in [0.15, 0.2) is 0 Å². The number of hydrogen-bond donors (Lipinski definition) is 1. The summed E-state index contributed by atoms with van der Waals surface area (Å²) in [5.74, 6) is 0.662. The molecule has 1 aromatic carbocycles. The normalized spacial score (nSPS) is 29.0. The van der Waals surface area contributed by atoms with Gasteiger partial charge < -0.3 is 19.9 Å². The highest BCUT2D eigenvalue weighted by Crippen LogP contribution is 2.47. The second-order valence-corrected chi connectivity index (χ2v) is 8.37. The van der Waals surface area contributed by atoms with E-state index in [-0.39, 0.29) is 22.7 Å². The number of ether oxygens (including phenoxy) is 1. The number of para-hydroxylation sites is 2. The second kappa shape index (κ2) is 6.53. The number of morpholine rings is 1. The van der Waals surface area contributed by atoms with Crippen LogP contribution >= 0.6 is 11.8 Å². The number of carbonyl (C=O) groups is 2. The van der Waals surface area contributed by atoms with Crippen molar-refractivity contribution < 1.29 is 14.3 Å². The molecule has 2 atom stereocenters. The van der Waals surface area contributed by atoms with Gasteiger partial charge in [0.1, 0.15) is 6.04 Å². The fourth-order valence-electron chi connectivity index (χ4n) is 3.89. The van der Waals surface area contributed by atoms with Crippen molar-refractivity contribution in [2.75, 3.05) is 42.3 Å². The van der Waals surface area contributed by atoms with Crippen molar-refractivity contribution in [2.24, 2.45) is 0 Å². The molecule has 3 aliphatic rings. The molecule has 0 aromatic heterocycles. The smallest absolute Gasteiger partial charge is 0.248 e. The summed E-state index contributed by atoms with van der Waals surface area (Å²) in [5, 5.41) is 3.07. The third-order valence-electron chi connectivity index (χ3n) is 5.26. The molecule has 3 saturated heterocycles. The van der Waals surface area contributed by atoms with Crippen LogP contribution in [-0.4, -0.2) is 59.7 Å². The summed E-state index contributed by atoms with van der Waals surface area (Å²) in [6, 6.07) is 7.47. The molecule has 6 nitrogen and oxygen atoms in total. The van der Waals surface area contributed by atoms with E-state index < -0.39 is 0 Å². The lowest BCUT2D eigenvalue weighted by Crippen LogP contribution is -2.48. The van der Waals surface area contributed by atoms with Gasteiger partial charge >= 0.3 is 0 Å². The topological polar surface area (TPSA) is 61.9 Å². The Morgan fingerprint density at radius 2 is 2.08 bits per heavy atom. The summed E-state index contributed by atoms with van der Waals surface area (Å²) < 4.78 is 5.42. The predicted octanol–water partition coefficient (Wildman–Crippen LogP) is 1.92. The van der Waals surface area contributed by atoms with Crippen LogP contribution in [0.4, 0.5) is 11.4 Å². The number of rotatable bonds is 3. The molecule has 3 aliphatic heterocycles. The lowest BCUT2D eigenvalue weighted by atomic mass is 10.2. The van der Waals surface area contributed by atoms with Crippen LogP contribution in [0, 0.1) is 0 Å². The van der Waals surface area contributed by atoms with Gasteiger partial charge in [0, 0.05) is 25.3 Å². The summed E-state index contributed by atoms with van der Waals surface area (Å²) in [5.41, 5.74) is 1.82. The maximum Gasteiger partial charge on any atom is 0.248 e. The van der Waals surface area contributed by atoms with Gasteiger partial charge in [-0.3, -0.25) is 9.59 Å². The third kappa shape index (κ3) is 3.00. The van der Waals surface area contributed by atoms with Crippen LogP contribution in [0.25, 0.3) is 0 Å². The summed E-state index contributed by atoms with van der Waals surface area (Å²) in [4.78, 5) is 29.0. The van der Waals surface area contributed by atoms with E-state index in [1.165, 1.54) is 0 Å². The maximum absolute atomic E-state index is 12.9. The van der Waals surface area contributed by atoms with E-state index in [1.807, 2.05) is 24.3 Å². The Balaban J connectivity index is 1.53. The first kappa shape index (κ1) is 16.7. The minimum absolute atomic E-state index is 0.0906. The first-order valence-electron chi connectivity index (χ1n) is 8.77. The van der Waals surface area contributed by atoms with E-state index in [0.717, 1.165) is 30.9 Å². The Morgan fingerprint density at radius 1 is 1.32 bits per heavy atom. The van der Waals surface area contributed by atoms with Gasteiger partial charge in [-0.25, -0.2) is 0 Å². The molecule has 0 bridgehead atoms. The molecule has 1 N–H and O–H groups in total. The number of nitrogens with one attached hydrogen (secondary N) is 1. The van der Waals surface area contributed by atoms with Crippen molar-refractivity contribution in [1.82, 2.24) is 4.90 Å². The molecule has 2 unspecified atom stereocenters. The standard InChI is InChI=1S/C18H23N3O3S/c1-18-7-6-16(22)21(18)15(12-25-18)17(23)19-13-4-2-3-5-14(13)20-8-10-24-11-9-20/h2-5,15H,6-12H2,1H3,(H,19,23). The first-order chi connectivity index (χ1) is 12.1. The van der Waals surface area contributed by atoms with E-state index in [1.54, 1.807) is 16.7 Å². The van der Waals surface area contributed by atoms with E-state index in [2.05, 4.69) is 17.1 Å². The molecular formula is C18H23N3O3S. The van der Waals surface area contributed by atoms with Gasteiger partial charge in [0.05, 0.1) is 29.5 Å².